The Morgan fingerprint density at radius 2 is 1.61 bits per heavy atom. The van der Waals surface area contributed by atoms with Gasteiger partial charge in [0.2, 0.25) is 5.91 Å². The predicted octanol–water partition coefficient (Wildman–Crippen LogP) is 4.10. The first-order valence-electron chi connectivity index (χ1n) is 7.23. The van der Waals surface area contributed by atoms with Crippen LogP contribution >= 0.6 is 11.6 Å². The van der Waals surface area contributed by atoms with Crippen LogP contribution in [0, 0.1) is 5.82 Å². The lowest BCUT2D eigenvalue weighted by Gasteiger charge is -2.17. The highest BCUT2D eigenvalue weighted by Gasteiger charge is 2.13. The Kier molecular flexibility index (Phi) is 5.88. The third kappa shape index (κ3) is 5.18. The van der Waals surface area contributed by atoms with Gasteiger partial charge in [0.05, 0.1) is 0 Å². The van der Waals surface area contributed by atoms with E-state index in [1.165, 1.54) is 24.3 Å². The number of carbonyl (C=O) groups excluding carboxylic acids is 2. The molecule has 23 heavy (non-hydrogen) atoms. The SMILES string of the molecule is CN(Cc1ccc(Cl)cc1)C(=O)CCC(=O)c1ccc(F)cc1. The van der Waals surface area contributed by atoms with Gasteiger partial charge in [0, 0.05) is 37.0 Å². The number of carbonyl (C=O) groups is 2. The fraction of sp³-hybridized carbons (Fsp3) is 0.222. The molecule has 2 aromatic carbocycles. The van der Waals surface area contributed by atoms with E-state index in [2.05, 4.69) is 0 Å². The topological polar surface area (TPSA) is 37.4 Å². The molecule has 3 nitrogen and oxygen atoms in total. The molecule has 0 fully saturated rings. The summed E-state index contributed by atoms with van der Waals surface area (Å²) >= 11 is 5.82. The van der Waals surface area contributed by atoms with Crippen molar-refractivity contribution < 1.29 is 14.0 Å². The Hall–Kier alpha value is -2.20. The number of hydrogen-bond donors (Lipinski definition) is 0. The number of benzene rings is 2. The zero-order valence-electron chi connectivity index (χ0n) is 12.8. The molecule has 0 heterocycles. The maximum Gasteiger partial charge on any atom is 0.223 e. The number of Topliss-reactive ketones (excluding diaryl/α,β-unsaturated/α-hetero) is 1. The normalized spacial score (nSPS) is 10.4. The zero-order chi connectivity index (χ0) is 16.8. The molecule has 5 heteroatoms. The highest BCUT2D eigenvalue weighted by molar-refractivity contribution is 6.30. The molecule has 0 saturated carbocycles. The van der Waals surface area contributed by atoms with Crippen LogP contribution in [0.3, 0.4) is 0 Å². The molecule has 0 atom stereocenters. The average Bonchev–Trinajstić information content (AvgIpc) is 2.55. The minimum atomic E-state index is -0.389. The fourth-order valence-corrected chi connectivity index (χ4v) is 2.27. The van der Waals surface area contributed by atoms with E-state index in [1.807, 2.05) is 12.1 Å². The number of nitrogens with zero attached hydrogens (tertiary/aromatic N) is 1. The summed E-state index contributed by atoms with van der Waals surface area (Å²) in [4.78, 5) is 25.6. The molecule has 0 radical (unpaired) electrons. The number of halogens is 2. The molecule has 0 unspecified atom stereocenters. The van der Waals surface area contributed by atoms with Crippen molar-refractivity contribution in [3.05, 3.63) is 70.5 Å². The Morgan fingerprint density at radius 3 is 2.22 bits per heavy atom. The molecule has 2 aromatic rings. The van der Waals surface area contributed by atoms with Crippen LogP contribution in [-0.4, -0.2) is 23.6 Å². The Labute approximate surface area is 139 Å². The van der Waals surface area contributed by atoms with Crippen LogP contribution in [0.1, 0.15) is 28.8 Å². The molecule has 0 N–H and O–H groups in total. The lowest BCUT2D eigenvalue weighted by atomic mass is 10.1. The summed E-state index contributed by atoms with van der Waals surface area (Å²) in [6, 6.07) is 12.6. The summed E-state index contributed by atoms with van der Waals surface area (Å²) < 4.78 is 12.8. The highest BCUT2D eigenvalue weighted by atomic mass is 35.5. The molecule has 0 bridgehead atoms. The lowest BCUT2D eigenvalue weighted by Crippen LogP contribution is -2.26. The van der Waals surface area contributed by atoms with E-state index in [-0.39, 0.29) is 30.3 Å². The maximum atomic E-state index is 12.8. The van der Waals surface area contributed by atoms with Gasteiger partial charge < -0.3 is 4.90 Å². The second-order valence-electron chi connectivity index (χ2n) is 5.31. The minimum absolute atomic E-state index is 0.107. The molecule has 0 aliphatic heterocycles. The first kappa shape index (κ1) is 17.2. The summed E-state index contributed by atoms with van der Waals surface area (Å²) in [5.74, 6) is -0.672. The van der Waals surface area contributed by atoms with Gasteiger partial charge in [-0.3, -0.25) is 9.59 Å². The third-order valence-electron chi connectivity index (χ3n) is 3.49. The van der Waals surface area contributed by atoms with Crippen LogP contribution in [0.4, 0.5) is 4.39 Å². The lowest BCUT2D eigenvalue weighted by molar-refractivity contribution is -0.130. The van der Waals surface area contributed by atoms with Gasteiger partial charge in [0.15, 0.2) is 5.78 Å². The van der Waals surface area contributed by atoms with Crippen LogP contribution in [0.2, 0.25) is 5.02 Å². The van der Waals surface area contributed by atoms with Gasteiger partial charge in [-0.25, -0.2) is 4.39 Å². The standard InChI is InChI=1S/C18H17ClFNO2/c1-21(12-13-2-6-15(19)7-3-13)18(23)11-10-17(22)14-4-8-16(20)9-5-14/h2-9H,10-12H2,1H3. The molecular formula is C18H17ClFNO2. The molecule has 0 aromatic heterocycles. The van der Waals surface area contributed by atoms with Gasteiger partial charge in [-0.1, -0.05) is 23.7 Å². The minimum Gasteiger partial charge on any atom is -0.341 e. The molecule has 0 aliphatic rings. The van der Waals surface area contributed by atoms with Crippen molar-refractivity contribution in [1.29, 1.82) is 0 Å². The van der Waals surface area contributed by atoms with Gasteiger partial charge in [-0.2, -0.15) is 0 Å². The van der Waals surface area contributed by atoms with E-state index in [4.69, 9.17) is 11.6 Å². The average molecular weight is 334 g/mol. The summed E-state index contributed by atoms with van der Waals surface area (Å²) in [6.07, 6.45) is 0.232. The summed E-state index contributed by atoms with van der Waals surface area (Å²) in [5.41, 5.74) is 1.38. The smallest absolute Gasteiger partial charge is 0.223 e. The summed E-state index contributed by atoms with van der Waals surface area (Å²) in [6.45, 7) is 0.459. The molecule has 2 rings (SSSR count). The van der Waals surface area contributed by atoms with Crippen LogP contribution in [0.15, 0.2) is 48.5 Å². The molecule has 1 amide bonds. The van der Waals surface area contributed by atoms with E-state index in [1.54, 1.807) is 24.1 Å². The summed E-state index contributed by atoms with van der Waals surface area (Å²) in [7, 11) is 1.69. The van der Waals surface area contributed by atoms with E-state index in [0.29, 0.717) is 17.1 Å². The van der Waals surface area contributed by atoms with Crippen molar-refractivity contribution in [3.8, 4) is 0 Å². The molecule has 0 spiro atoms. The molecule has 0 aliphatic carbocycles. The van der Waals surface area contributed by atoms with Crippen molar-refractivity contribution >= 4 is 23.3 Å². The Bertz CT molecular complexity index is 683. The van der Waals surface area contributed by atoms with Crippen molar-refractivity contribution in [2.24, 2.45) is 0 Å². The maximum absolute atomic E-state index is 12.8. The first-order valence-corrected chi connectivity index (χ1v) is 7.60. The van der Waals surface area contributed by atoms with Crippen LogP contribution in [0.5, 0.6) is 0 Å². The van der Waals surface area contributed by atoms with Gasteiger partial charge in [0.25, 0.3) is 0 Å². The quantitative estimate of drug-likeness (QED) is 0.746. The highest BCUT2D eigenvalue weighted by Crippen LogP contribution is 2.12. The van der Waals surface area contributed by atoms with Crippen LogP contribution in [0.25, 0.3) is 0 Å². The number of ketones is 1. The molecule has 120 valence electrons. The second-order valence-corrected chi connectivity index (χ2v) is 5.74. The second kappa shape index (κ2) is 7.88. The third-order valence-corrected chi connectivity index (χ3v) is 3.74. The molecule has 0 saturated heterocycles. The van der Waals surface area contributed by atoms with Crippen LogP contribution in [-0.2, 0) is 11.3 Å². The predicted molar refractivity (Wildman–Crippen MR) is 87.9 cm³/mol. The van der Waals surface area contributed by atoms with Gasteiger partial charge in [-0.05, 0) is 42.0 Å². The van der Waals surface area contributed by atoms with Crippen molar-refractivity contribution in [2.45, 2.75) is 19.4 Å². The molecular weight excluding hydrogens is 317 g/mol. The van der Waals surface area contributed by atoms with E-state index >= 15 is 0 Å². The number of hydrogen-bond acceptors (Lipinski definition) is 2. The number of amides is 1. The van der Waals surface area contributed by atoms with E-state index in [9.17, 15) is 14.0 Å². The van der Waals surface area contributed by atoms with Gasteiger partial charge in [-0.15, -0.1) is 0 Å². The first-order chi connectivity index (χ1) is 11.0. The Morgan fingerprint density at radius 1 is 1.00 bits per heavy atom. The zero-order valence-corrected chi connectivity index (χ0v) is 13.5. The largest absolute Gasteiger partial charge is 0.341 e. The summed E-state index contributed by atoms with van der Waals surface area (Å²) in [5, 5.41) is 0.646. The van der Waals surface area contributed by atoms with E-state index in [0.717, 1.165) is 5.56 Å². The Balaban J connectivity index is 1.84. The van der Waals surface area contributed by atoms with Crippen molar-refractivity contribution in [2.75, 3.05) is 7.05 Å². The number of rotatable bonds is 6. The van der Waals surface area contributed by atoms with Crippen molar-refractivity contribution in [3.63, 3.8) is 0 Å². The van der Waals surface area contributed by atoms with E-state index < -0.39 is 0 Å². The van der Waals surface area contributed by atoms with Gasteiger partial charge in [0.1, 0.15) is 5.82 Å². The fourth-order valence-electron chi connectivity index (χ4n) is 2.14. The van der Waals surface area contributed by atoms with Crippen LogP contribution < -0.4 is 0 Å². The van der Waals surface area contributed by atoms with Gasteiger partial charge >= 0.3 is 0 Å². The van der Waals surface area contributed by atoms with Crippen molar-refractivity contribution in [1.82, 2.24) is 4.90 Å². The monoisotopic (exact) mass is 333 g/mol.